The molecule has 1 aromatic rings. The maximum absolute atomic E-state index is 12.9. The lowest BCUT2D eigenvalue weighted by Crippen LogP contribution is -2.51. The van der Waals surface area contributed by atoms with Crippen molar-refractivity contribution in [3.8, 4) is 0 Å². The minimum Gasteiger partial charge on any atom is -0.353 e. The molecule has 2 heterocycles. The second kappa shape index (κ2) is 9.05. The van der Waals surface area contributed by atoms with E-state index in [9.17, 15) is 14.4 Å². The molecule has 0 radical (unpaired) electrons. The highest BCUT2D eigenvalue weighted by molar-refractivity contribution is 7.18. The molecule has 0 atom stereocenters. The second-order valence-corrected chi connectivity index (χ2v) is 9.67. The van der Waals surface area contributed by atoms with Crippen LogP contribution in [0, 0.1) is 12.3 Å². The van der Waals surface area contributed by atoms with Crippen molar-refractivity contribution in [3.05, 3.63) is 16.5 Å². The van der Waals surface area contributed by atoms with Crippen LogP contribution in [-0.4, -0.2) is 66.3 Å². The molecule has 0 unspecified atom stereocenters. The van der Waals surface area contributed by atoms with E-state index in [-0.39, 0.29) is 23.8 Å². The summed E-state index contributed by atoms with van der Waals surface area (Å²) < 4.78 is 0. The highest BCUT2D eigenvalue weighted by atomic mass is 32.1. The molecular formula is C20H32N4O3S. The maximum Gasteiger partial charge on any atom is 0.264 e. The number of aryl methyl sites for hydroxylation is 1. The smallest absolute Gasteiger partial charge is 0.264 e. The predicted molar refractivity (Wildman–Crippen MR) is 113 cm³/mol. The molecule has 28 heavy (non-hydrogen) atoms. The number of thiophene rings is 1. The molecule has 1 fully saturated rings. The standard InChI is InChI=1S/C20H32N4O3S/c1-13(2)21-15(25)12-23-7-9-24(10-8-23)18(26)17-14(3)11-16(28-17)22-19(27)20(4,5)6/h11,13H,7-10,12H2,1-6H3,(H,21,25)(H,22,27). The van der Waals surface area contributed by atoms with Crippen LogP contribution in [0.25, 0.3) is 0 Å². The molecule has 2 rings (SSSR count). The summed E-state index contributed by atoms with van der Waals surface area (Å²) in [6, 6.07) is 1.98. The first kappa shape index (κ1) is 22.4. The molecule has 3 amide bonds. The molecule has 0 aromatic carbocycles. The zero-order chi connectivity index (χ0) is 21.1. The number of carbonyl (C=O) groups is 3. The number of nitrogens with zero attached hydrogens (tertiary/aromatic N) is 2. The van der Waals surface area contributed by atoms with Gasteiger partial charge in [-0.3, -0.25) is 19.3 Å². The molecule has 0 spiro atoms. The van der Waals surface area contributed by atoms with E-state index in [4.69, 9.17) is 0 Å². The average molecular weight is 409 g/mol. The van der Waals surface area contributed by atoms with Crippen LogP contribution in [0.4, 0.5) is 5.00 Å². The molecule has 1 saturated heterocycles. The molecule has 7 nitrogen and oxygen atoms in total. The molecule has 8 heteroatoms. The summed E-state index contributed by atoms with van der Waals surface area (Å²) >= 11 is 1.32. The van der Waals surface area contributed by atoms with E-state index >= 15 is 0 Å². The Bertz CT molecular complexity index is 728. The second-order valence-electron chi connectivity index (χ2n) is 8.62. The molecule has 0 saturated carbocycles. The van der Waals surface area contributed by atoms with Gasteiger partial charge in [-0.15, -0.1) is 11.3 Å². The number of amides is 3. The summed E-state index contributed by atoms with van der Waals surface area (Å²) in [7, 11) is 0. The summed E-state index contributed by atoms with van der Waals surface area (Å²) in [5.74, 6) is -0.0609. The Kier molecular flexibility index (Phi) is 7.22. The van der Waals surface area contributed by atoms with Crippen LogP contribution >= 0.6 is 11.3 Å². The lowest BCUT2D eigenvalue weighted by molar-refractivity contribution is -0.123. The Hall–Kier alpha value is -1.93. The van der Waals surface area contributed by atoms with Gasteiger partial charge in [-0.2, -0.15) is 0 Å². The van der Waals surface area contributed by atoms with E-state index in [1.165, 1.54) is 11.3 Å². The van der Waals surface area contributed by atoms with Crippen molar-refractivity contribution in [1.29, 1.82) is 0 Å². The van der Waals surface area contributed by atoms with Crippen molar-refractivity contribution in [2.24, 2.45) is 5.41 Å². The lowest BCUT2D eigenvalue weighted by Gasteiger charge is -2.34. The van der Waals surface area contributed by atoms with Crippen LogP contribution in [-0.2, 0) is 9.59 Å². The predicted octanol–water partition coefficient (Wildman–Crippen LogP) is 2.32. The van der Waals surface area contributed by atoms with Gasteiger partial charge in [0.1, 0.15) is 0 Å². The van der Waals surface area contributed by atoms with E-state index in [0.29, 0.717) is 42.6 Å². The highest BCUT2D eigenvalue weighted by Gasteiger charge is 2.27. The van der Waals surface area contributed by atoms with Crippen LogP contribution in [0.1, 0.15) is 49.9 Å². The minimum absolute atomic E-state index is 0.00922. The topological polar surface area (TPSA) is 81.8 Å². The normalized spacial score (nSPS) is 15.6. The highest BCUT2D eigenvalue weighted by Crippen LogP contribution is 2.29. The molecular weight excluding hydrogens is 376 g/mol. The number of hydrogen-bond donors (Lipinski definition) is 2. The van der Waals surface area contributed by atoms with Crippen molar-refractivity contribution in [2.45, 2.75) is 47.6 Å². The number of carbonyl (C=O) groups excluding carboxylic acids is 3. The number of anilines is 1. The van der Waals surface area contributed by atoms with Gasteiger partial charge >= 0.3 is 0 Å². The van der Waals surface area contributed by atoms with Crippen LogP contribution in [0.5, 0.6) is 0 Å². The van der Waals surface area contributed by atoms with Gasteiger partial charge in [0.2, 0.25) is 11.8 Å². The lowest BCUT2D eigenvalue weighted by atomic mass is 9.96. The van der Waals surface area contributed by atoms with E-state index in [1.807, 2.05) is 52.5 Å². The fraction of sp³-hybridized carbons (Fsp3) is 0.650. The maximum atomic E-state index is 12.9. The quantitative estimate of drug-likeness (QED) is 0.783. The van der Waals surface area contributed by atoms with Crippen molar-refractivity contribution >= 4 is 34.1 Å². The summed E-state index contributed by atoms with van der Waals surface area (Å²) in [4.78, 5) is 41.5. The Morgan fingerprint density at radius 1 is 1.14 bits per heavy atom. The Morgan fingerprint density at radius 2 is 1.75 bits per heavy atom. The van der Waals surface area contributed by atoms with E-state index < -0.39 is 5.41 Å². The fourth-order valence-corrected chi connectivity index (χ4v) is 3.91. The first-order chi connectivity index (χ1) is 13.0. The first-order valence-electron chi connectivity index (χ1n) is 9.70. The average Bonchev–Trinajstić information content (AvgIpc) is 2.93. The third kappa shape index (κ3) is 6.04. The van der Waals surface area contributed by atoms with E-state index in [0.717, 1.165) is 5.56 Å². The number of nitrogens with one attached hydrogen (secondary N) is 2. The van der Waals surface area contributed by atoms with Crippen LogP contribution in [0.3, 0.4) is 0 Å². The first-order valence-corrected chi connectivity index (χ1v) is 10.5. The Balaban J connectivity index is 1.93. The van der Waals surface area contributed by atoms with Crippen molar-refractivity contribution in [2.75, 3.05) is 38.0 Å². The van der Waals surface area contributed by atoms with E-state index in [2.05, 4.69) is 15.5 Å². The third-order valence-electron chi connectivity index (χ3n) is 4.51. The summed E-state index contributed by atoms with van der Waals surface area (Å²) in [6.45, 7) is 14.2. The van der Waals surface area contributed by atoms with Gasteiger partial charge in [0.15, 0.2) is 0 Å². The number of piperazine rings is 1. The Labute approximate surface area is 171 Å². The zero-order valence-electron chi connectivity index (χ0n) is 17.7. The molecule has 2 N–H and O–H groups in total. The van der Waals surface area contributed by atoms with Crippen LogP contribution in [0.15, 0.2) is 6.07 Å². The summed E-state index contributed by atoms with van der Waals surface area (Å²) in [6.07, 6.45) is 0. The van der Waals surface area contributed by atoms with Crippen molar-refractivity contribution < 1.29 is 14.4 Å². The Morgan fingerprint density at radius 3 is 2.29 bits per heavy atom. The largest absolute Gasteiger partial charge is 0.353 e. The van der Waals surface area contributed by atoms with Gasteiger partial charge in [-0.05, 0) is 32.4 Å². The summed E-state index contributed by atoms with van der Waals surface area (Å²) in [5.41, 5.74) is 0.387. The minimum atomic E-state index is -0.486. The molecule has 1 aliphatic rings. The number of rotatable bonds is 5. The molecule has 0 bridgehead atoms. The molecule has 0 aliphatic carbocycles. The van der Waals surface area contributed by atoms with Gasteiger partial charge < -0.3 is 15.5 Å². The van der Waals surface area contributed by atoms with Gasteiger partial charge in [0, 0.05) is 37.6 Å². The van der Waals surface area contributed by atoms with E-state index in [1.54, 1.807) is 0 Å². The number of hydrogen-bond acceptors (Lipinski definition) is 5. The van der Waals surface area contributed by atoms with Crippen molar-refractivity contribution in [1.82, 2.24) is 15.1 Å². The molecule has 1 aliphatic heterocycles. The monoisotopic (exact) mass is 408 g/mol. The third-order valence-corrected chi connectivity index (χ3v) is 5.65. The van der Waals surface area contributed by atoms with Gasteiger partial charge in [-0.1, -0.05) is 20.8 Å². The SMILES string of the molecule is Cc1cc(NC(=O)C(C)(C)C)sc1C(=O)N1CCN(CC(=O)NC(C)C)CC1. The summed E-state index contributed by atoms with van der Waals surface area (Å²) in [5, 5.41) is 6.49. The molecule has 1 aromatic heterocycles. The van der Waals surface area contributed by atoms with Crippen LogP contribution in [0.2, 0.25) is 0 Å². The van der Waals surface area contributed by atoms with Gasteiger partial charge in [-0.25, -0.2) is 0 Å². The van der Waals surface area contributed by atoms with Gasteiger partial charge in [0.05, 0.1) is 16.4 Å². The van der Waals surface area contributed by atoms with Gasteiger partial charge in [0.25, 0.3) is 5.91 Å². The van der Waals surface area contributed by atoms with Crippen LogP contribution < -0.4 is 10.6 Å². The fourth-order valence-electron chi connectivity index (χ4n) is 2.88. The molecule has 156 valence electrons. The van der Waals surface area contributed by atoms with Crippen molar-refractivity contribution in [3.63, 3.8) is 0 Å². The zero-order valence-corrected chi connectivity index (χ0v) is 18.5.